The van der Waals surface area contributed by atoms with Gasteiger partial charge >= 0.3 is 6.03 Å². The summed E-state index contributed by atoms with van der Waals surface area (Å²) >= 11 is 0. The van der Waals surface area contributed by atoms with Crippen molar-refractivity contribution in [2.75, 3.05) is 19.7 Å². The van der Waals surface area contributed by atoms with Gasteiger partial charge < -0.3 is 30.7 Å². The van der Waals surface area contributed by atoms with Crippen molar-refractivity contribution < 1.29 is 24.2 Å². The van der Waals surface area contributed by atoms with E-state index in [1.54, 1.807) is 4.90 Å². The molecule has 1 aliphatic heterocycles. The number of amides is 4. The van der Waals surface area contributed by atoms with Gasteiger partial charge in [-0.3, -0.25) is 9.59 Å². The Bertz CT molecular complexity index is 1410. The summed E-state index contributed by atoms with van der Waals surface area (Å²) in [7, 11) is 0. The van der Waals surface area contributed by atoms with Gasteiger partial charge in [0.2, 0.25) is 5.91 Å². The molecule has 1 saturated heterocycles. The molecular formula is C37H48N4O5. The maximum Gasteiger partial charge on any atom is 0.318 e. The van der Waals surface area contributed by atoms with E-state index in [9.17, 15) is 19.5 Å². The van der Waals surface area contributed by atoms with Crippen LogP contribution in [-0.2, 0) is 22.4 Å². The predicted molar refractivity (Wildman–Crippen MR) is 180 cm³/mol. The van der Waals surface area contributed by atoms with E-state index in [0.29, 0.717) is 31.7 Å². The first-order chi connectivity index (χ1) is 22.1. The minimum absolute atomic E-state index is 0.117. The third-order valence-electron chi connectivity index (χ3n) is 8.41. The van der Waals surface area contributed by atoms with E-state index in [1.165, 1.54) is 0 Å². The normalized spacial score (nSPS) is 15.8. The number of nitrogens with one attached hydrogen (secondary N) is 3. The first-order valence-electron chi connectivity index (χ1n) is 16.2. The highest BCUT2D eigenvalue weighted by atomic mass is 16.5. The maximum absolute atomic E-state index is 13.8. The van der Waals surface area contributed by atoms with Crippen LogP contribution in [0.2, 0.25) is 0 Å². The summed E-state index contributed by atoms with van der Waals surface area (Å²) in [4.78, 5) is 41.3. The summed E-state index contributed by atoms with van der Waals surface area (Å²) in [6.07, 6.45) is 0.831. The average Bonchev–Trinajstić information content (AvgIpc) is 3.02. The summed E-state index contributed by atoms with van der Waals surface area (Å²) in [5, 5.41) is 20.7. The summed E-state index contributed by atoms with van der Waals surface area (Å²) in [5.74, 6) is -0.0493. The van der Waals surface area contributed by atoms with Crippen molar-refractivity contribution in [2.24, 2.45) is 5.92 Å². The Kier molecular flexibility index (Phi) is 12.6. The van der Waals surface area contributed by atoms with Gasteiger partial charge in [-0.15, -0.1) is 0 Å². The van der Waals surface area contributed by atoms with Gasteiger partial charge in [0, 0.05) is 19.1 Å². The number of carbonyl (C=O) groups is 3. The van der Waals surface area contributed by atoms with Gasteiger partial charge in [-0.2, -0.15) is 0 Å². The zero-order valence-electron chi connectivity index (χ0n) is 27.4. The maximum atomic E-state index is 13.8. The van der Waals surface area contributed by atoms with Crippen molar-refractivity contribution in [3.63, 3.8) is 0 Å². The van der Waals surface area contributed by atoms with Crippen LogP contribution in [0.15, 0.2) is 78.9 Å². The Hall–Kier alpha value is -4.37. The zero-order chi connectivity index (χ0) is 33.1. The van der Waals surface area contributed by atoms with Crippen LogP contribution in [0.4, 0.5) is 4.79 Å². The van der Waals surface area contributed by atoms with Gasteiger partial charge in [0.1, 0.15) is 11.8 Å². The number of aryl methyl sites for hydroxylation is 2. The van der Waals surface area contributed by atoms with E-state index in [1.807, 2.05) is 107 Å². The fourth-order valence-electron chi connectivity index (χ4n) is 6.12. The summed E-state index contributed by atoms with van der Waals surface area (Å²) in [5.41, 5.74) is 3.84. The minimum atomic E-state index is -0.992. The molecular weight excluding hydrogens is 580 g/mol. The molecule has 0 spiro atoms. The van der Waals surface area contributed by atoms with Gasteiger partial charge in [-0.05, 0) is 67.7 Å². The quantitative estimate of drug-likeness (QED) is 0.200. The second kappa shape index (κ2) is 16.8. The second-order valence-electron chi connectivity index (χ2n) is 12.5. The molecule has 9 heteroatoms. The Labute approximate surface area is 272 Å². The SMILES string of the molecule is Cc1cccc(C)c1OCC(=O)N[C@@H](Cc1ccccc1)[C@@H](O)CC(Cc1ccccc1)NC(=O)[C@@H](C(C)C)N1CCCNC1=O. The number of hydrogen-bond donors (Lipinski definition) is 4. The molecule has 9 nitrogen and oxygen atoms in total. The molecule has 3 aromatic carbocycles. The van der Waals surface area contributed by atoms with E-state index in [2.05, 4.69) is 16.0 Å². The second-order valence-corrected chi connectivity index (χ2v) is 12.5. The lowest BCUT2D eigenvalue weighted by Crippen LogP contribution is -2.59. The van der Waals surface area contributed by atoms with Gasteiger partial charge in [-0.1, -0.05) is 92.7 Å². The van der Waals surface area contributed by atoms with Gasteiger partial charge in [0.25, 0.3) is 5.91 Å². The molecule has 246 valence electrons. The summed E-state index contributed by atoms with van der Waals surface area (Å²) in [6, 6.07) is 23.3. The molecule has 0 bridgehead atoms. The first kappa shape index (κ1) is 34.5. The topological polar surface area (TPSA) is 120 Å². The van der Waals surface area contributed by atoms with Crippen molar-refractivity contribution in [1.29, 1.82) is 0 Å². The Morgan fingerprint density at radius 1 is 0.891 bits per heavy atom. The van der Waals surface area contributed by atoms with Crippen molar-refractivity contribution in [1.82, 2.24) is 20.9 Å². The zero-order valence-corrected chi connectivity index (χ0v) is 27.4. The third kappa shape index (κ3) is 9.81. The van der Waals surface area contributed by atoms with Crippen molar-refractivity contribution in [3.8, 4) is 5.75 Å². The highest BCUT2D eigenvalue weighted by Gasteiger charge is 2.35. The molecule has 0 aliphatic carbocycles. The van der Waals surface area contributed by atoms with Crippen LogP contribution in [0, 0.1) is 19.8 Å². The van der Waals surface area contributed by atoms with Gasteiger partial charge in [0.05, 0.1) is 12.1 Å². The van der Waals surface area contributed by atoms with Crippen LogP contribution in [0.1, 0.15) is 48.9 Å². The molecule has 46 heavy (non-hydrogen) atoms. The molecule has 0 radical (unpaired) electrons. The van der Waals surface area contributed by atoms with E-state index >= 15 is 0 Å². The third-order valence-corrected chi connectivity index (χ3v) is 8.41. The molecule has 4 amide bonds. The van der Waals surface area contributed by atoms with E-state index in [0.717, 1.165) is 28.7 Å². The van der Waals surface area contributed by atoms with E-state index < -0.39 is 24.2 Å². The smallest absolute Gasteiger partial charge is 0.318 e. The highest BCUT2D eigenvalue weighted by molar-refractivity contribution is 5.87. The van der Waals surface area contributed by atoms with Crippen LogP contribution < -0.4 is 20.7 Å². The van der Waals surface area contributed by atoms with Gasteiger partial charge in [-0.25, -0.2) is 4.79 Å². The molecule has 0 aromatic heterocycles. The molecule has 0 saturated carbocycles. The molecule has 1 unspecified atom stereocenters. The molecule has 3 aromatic rings. The molecule has 4 N–H and O–H groups in total. The highest BCUT2D eigenvalue weighted by Crippen LogP contribution is 2.22. The lowest BCUT2D eigenvalue weighted by molar-refractivity contribution is -0.128. The minimum Gasteiger partial charge on any atom is -0.483 e. The number of ether oxygens (including phenoxy) is 1. The molecule has 1 aliphatic rings. The first-order valence-corrected chi connectivity index (χ1v) is 16.2. The predicted octanol–water partition coefficient (Wildman–Crippen LogP) is 4.33. The molecule has 4 atom stereocenters. The van der Waals surface area contributed by atoms with Crippen molar-refractivity contribution in [2.45, 2.75) is 77.6 Å². The lowest BCUT2D eigenvalue weighted by Gasteiger charge is -2.37. The van der Waals surface area contributed by atoms with Crippen LogP contribution in [-0.4, -0.2) is 71.8 Å². The number of rotatable bonds is 15. The van der Waals surface area contributed by atoms with Gasteiger partial charge in [0.15, 0.2) is 6.61 Å². The number of aliphatic hydroxyl groups is 1. The monoisotopic (exact) mass is 628 g/mol. The number of nitrogens with zero attached hydrogens (tertiary/aromatic N) is 1. The average molecular weight is 629 g/mol. The molecule has 1 heterocycles. The van der Waals surface area contributed by atoms with Crippen LogP contribution in [0.3, 0.4) is 0 Å². The summed E-state index contributed by atoms with van der Waals surface area (Å²) < 4.78 is 5.90. The van der Waals surface area contributed by atoms with Crippen molar-refractivity contribution >= 4 is 17.8 Å². The number of aliphatic hydroxyl groups excluding tert-OH is 1. The van der Waals surface area contributed by atoms with Crippen molar-refractivity contribution in [3.05, 3.63) is 101 Å². The van der Waals surface area contributed by atoms with E-state index in [4.69, 9.17) is 4.74 Å². The molecule has 4 rings (SSSR count). The van der Waals surface area contributed by atoms with Crippen LogP contribution >= 0.6 is 0 Å². The molecule has 1 fully saturated rings. The Morgan fingerprint density at radius 2 is 1.50 bits per heavy atom. The largest absolute Gasteiger partial charge is 0.483 e. The fourth-order valence-corrected chi connectivity index (χ4v) is 6.12. The lowest BCUT2D eigenvalue weighted by atomic mass is 9.92. The number of carbonyl (C=O) groups excluding carboxylic acids is 3. The number of hydrogen-bond acceptors (Lipinski definition) is 5. The number of benzene rings is 3. The number of para-hydroxylation sites is 1. The summed E-state index contributed by atoms with van der Waals surface area (Å²) in [6.45, 7) is 8.63. The fraction of sp³-hybridized carbons (Fsp3) is 0.432. The Balaban J connectivity index is 1.52. The standard InChI is InChI=1S/C37H48N4O5/c1-25(2)34(41-20-12-19-38-37(41)45)36(44)39-30(21-28-15-7-5-8-16-28)23-32(42)31(22-29-17-9-6-10-18-29)40-33(43)24-46-35-26(3)13-11-14-27(35)4/h5-11,13-18,25,30-32,34,42H,12,19-24H2,1-4H3,(H,38,45)(H,39,44)(H,40,43)/t30?,31-,32-,34+/m0/s1. The van der Waals surface area contributed by atoms with E-state index in [-0.39, 0.29) is 36.8 Å². The number of urea groups is 1. The van der Waals surface area contributed by atoms with Crippen LogP contribution in [0.5, 0.6) is 5.75 Å². The van der Waals surface area contributed by atoms with Crippen LogP contribution in [0.25, 0.3) is 0 Å². The Morgan fingerprint density at radius 3 is 2.09 bits per heavy atom.